The van der Waals surface area contributed by atoms with Gasteiger partial charge in [0.05, 0.1) is 32.3 Å². The number of rotatable bonds is 4. The van der Waals surface area contributed by atoms with Crippen LogP contribution in [-0.4, -0.2) is 32.9 Å². The Kier molecular flexibility index (Phi) is 5.13. The number of hydrogen-bond acceptors (Lipinski definition) is 5. The Morgan fingerprint density at radius 2 is 1.63 bits per heavy atom. The maximum atomic E-state index is 13.0. The average Bonchev–Trinajstić information content (AvgIpc) is 2.67. The quantitative estimate of drug-likeness (QED) is 0.745. The standard InChI is InChI=1S/C22H26O5/c1-13-17-7-6-8-20(23)22(17,2)12-14(21(13)24)9-16-18(26-4)10-15(25-3)11-19(16)27-5/h9-11H,6-8,12H2,1-5H3/b14-9-. The highest BCUT2D eigenvalue weighted by Gasteiger charge is 2.45. The summed E-state index contributed by atoms with van der Waals surface area (Å²) in [5.74, 6) is 1.93. The van der Waals surface area contributed by atoms with Gasteiger partial charge in [-0.15, -0.1) is 0 Å². The number of benzene rings is 1. The van der Waals surface area contributed by atoms with Crippen molar-refractivity contribution < 1.29 is 23.8 Å². The minimum atomic E-state index is -0.588. The molecular formula is C22H26O5. The zero-order valence-electron chi connectivity index (χ0n) is 16.6. The topological polar surface area (TPSA) is 61.8 Å². The van der Waals surface area contributed by atoms with Crippen LogP contribution in [0, 0.1) is 5.41 Å². The molecule has 1 atom stereocenters. The van der Waals surface area contributed by atoms with E-state index in [-0.39, 0.29) is 11.6 Å². The second-order valence-corrected chi connectivity index (χ2v) is 7.33. The Morgan fingerprint density at radius 3 is 2.19 bits per heavy atom. The van der Waals surface area contributed by atoms with E-state index in [1.54, 1.807) is 39.5 Å². The van der Waals surface area contributed by atoms with Crippen LogP contribution in [-0.2, 0) is 9.59 Å². The summed E-state index contributed by atoms with van der Waals surface area (Å²) in [7, 11) is 4.70. The Morgan fingerprint density at radius 1 is 1.00 bits per heavy atom. The van der Waals surface area contributed by atoms with Crippen LogP contribution >= 0.6 is 0 Å². The van der Waals surface area contributed by atoms with Gasteiger partial charge in [0.25, 0.3) is 0 Å². The number of hydrogen-bond donors (Lipinski definition) is 0. The van der Waals surface area contributed by atoms with Crippen LogP contribution in [0.2, 0.25) is 0 Å². The lowest BCUT2D eigenvalue weighted by molar-refractivity contribution is -0.128. The first kappa shape index (κ1) is 19.2. The van der Waals surface area contributed by atoms with E-state index in [1.165, 1.54) is 0 Å². The highest BCUT2D eigenvalue weighted by Crippen LogP contribution is 2.49. The second kappa shape index (κ2) is 7.22. The van der Waals surface area contributed by atoms with Crippen LogP contribution in [0.4, 0.5) is 0 Å². The number of ether oxygens (including phenoxy) is 3. The van der Waals surface area contributed by atoms with Crippen LogP contribution < -0.4 is 14.2 Å². The minimum absolute atomic E-state index is 0.00269. The van der Waals surface area contributed by atoms with Gasteiger partial charge in [0.15, 0.2) is 5.78 Å². The van der Waals surface area contributed by atoms with E-state index >= 15 is 0 Å². The normalized spacial score (nSPS) is 24.1. The van der Waals surface area contributed by atoms with E-state index < -0.39 is 5.41 Å². The van der Waals surface area contributed by atoms with Gasteiger partial charge in [0.1, 0.15) is 23.0 Å². The predicted molar refractivity (Wildman–Crippen MR) is 103 cm³/mol. The summed E-state index contributed by atoms with van der Waals surface area (Å²) in [6.07, 6.45) is 4.43. The van der Waals surface area contributed by atoms with Gasteiger partial charge in [0.2, 0.25) is 0 Å². The van der Waals surface area contributed by atoms with Crippen molar-refractivity contribution in [1.82, 2.24) is 0 Å². The zero-order chi connectivity index (χ0) is 19.8. The molecule has 0 bridgehead atoms. The van der Waals surface area contributed by atoms with Crippen LogP contribution in [0.5, 0.6) is 17.2 Å². The number of ketones is 2. The highest BCUT2D eigenvalue weighted by atomic mass is 16.5. The van der Waals surface area contributed by atoms with Crippen LogP contribution in [0.15, 0.2) is 28.9 Å². The largest absolute Gasteiger partial charge is 0.496 e. The zero-order valence-corrected chi connectivity index (χ0v) is 16.6. The highest BCUT2D eigenvalue weighted by molar-refractivity contribution is 6.14. The molecule has 1 aromatic rings. The molecule has 1 saturated carbocycles. The fourth-order valence-electron chi connectivity index (χ4n) is 4.26. The van der Waals surface area contributed by atoms with E-state index in [9.17, 15) is 9.59 Å². The number of allylic oxidation sites excluding steroid dienone is 3. The van der Waals surface area contributed by atoms with Crippen molar-refractivity contribution in [3.8, 4) is 17.2 Å². The van der Waals surface area contributed by atoms with E-state index in [2.05, 4.69) is 0 Å². The molecule has 0 aromatic heterocycles. The molecule has 0 spiro atoms. The van der Waals surface area contributed by atoms with E-state index in [0.29, 0.717) is 46.8 Å². The van der Waals surface area contributed by atoms with Crippen LogP contribution in [0.1, 0.15) is 45.1 Å². The lowest BCUT2D eigenvalue weighted by Crippen LogP contribution is -2.39. The maximum Gasteiger partial charge on any atom is 0.184 e. The molecule has 1 aromatic carbocycles. The lowest BCUT2D eigenvalue weighted by Gasteiger charge is -2.40. The van der Waals surface area contributed by atoms with E-state index in [1.807, 2.05) is 13.8 Å². The van der Waals surface area contributed by atoms with Crippen molar-refractivity contribution in [2.45, 2.75) is 39.5 Å². The third-order valence-electron chi connectivity index (χ3n) is 5.81. The van der Waals surface area contributed by atoms with Crippen LogP contribution in [0.25, 0.3) is 6.08 Å². The predicted octanol–water partition coefficient (Wildman–Crippen LogP) is 4.14. The summed E-state index contributed by atoms with van der Waals surface area (Å²) in [6.45, 7) is 3.81. The van der Waals surface area contributed by atoms with Crippen molar-refractivity contribution in [1.29, 1.82) is 0 Å². The lowest BCUT2D eigenvalue weighted by atomic mass is 9.62. The van der Waals surface area contributed by atoms with Gasteiger partial charge in [-0.25, -0.2) is 0 Å². The summed E-state index contributed by atoms with van der Waals surface area (Å²) >= 11 is 0. The van der Waals surface area contributed by atoms with Crippen molar-refractivity contribution in [3.63, 3.8) is 0 Å². The Labute approximate surface area is 160 Å². The molecule has 2 aliphatic carbocycles. The summed E-state index contributed by atoms with van der Waals surface area (Å²) in [6, 6.07) is 3.51. The number of carbonyl (C=O) groups is 2. The average molecular weight is 370 g/mol. The molecule has 2 aliphatic rings. The summed E-state index contributed by atoms with van der Waals surface area (Å²) in [4.78, 5) is 25.7. The van der Waals surface area contributed by atoms with E-state index in [0.717, 1.165) is 18.4 Å². The van der Waals surface area contributed by atoms with Crippen molar-refractivity contribution >= 4 is 17.6 Å². The second-order valence-electron chi connectivity index (χ2n) is 7.33. The molecule has 0 heterocycles. The molecule has 0 amide bonds. The first-order valence-corrected chi connectivity index (χ1v) is 9.14. The minimum Gasteiger partial charge on any atom is -0.496 e. The van der Waals surface area contributed by atoms with Crippen LogP contribution in [0.3, 0.4) is 0 Å². The molecule has 5 nitrogen and oxygen atoms in total. The van der Waals surface area contributed by atoms with Crippen molar-refractivity contribution in [3.05, 3.63) is 34.4 Å². The number of fused-ring (bicyclic) bond motifs is 1. The SMILES string of the molecule is COc1cc(OC)c(/C=C2/CC3(C)C(=O)CCCC3=C(C)C2=O)c(OC)c1. The number of Topliss-reactive ketones (excluding diaryl/α,β-unsaturated/α-hetero) is 2. The van der Waals surface area contributed by atoms with E-state index in [4.69, 9.17) is 14.2 Å². The first-order chi connectivity index (χ1) is 12.8. The molecular weight excluding hydrogens is 344 g/mol. The van der Waals surface area contributed by atoms with Crippen molar-refractivity contribution in [2.75, 3.05) is 21.3 Å². The van der Waals surface area contributed by atoms with Gasteiger partial charge in [-0.3, -0.25) is 9.59 Å². The molecule has 0 radical (unpaired) electrons. The first-order valence-electron chi connectivity index (χ1n) is 9.14. The van der Waals surface area contributed by atoms with Gasteiger partial charge in [-0.1, -0.05) is 0 Å². The van der Waals surface area contributed by atoms with Gasteiger partial charge >= 0.3 is 0 Å². The molecule has 0 saturated heterocycles. The summed E-state index contributed by atoms with van der Waals surface area (Å²) in [5, 5.41) is 0. The number of carbonyl (C=O) groups excluding carboxylic acids is 2. The fraction of sp³-hybridized carbons (Fsp3) is 0.455. The molecule has 1 fully saturated rings. The maximum absolute atomic E-state index is 13.0. The third-order valence-corrected chi connectivity index (χ3v) is 5.81. The fourth-order valence-corrected chi connectivity index (χ4v) is 4.26. The molecule has 144 valence electrons. The van der Waals surface area contributed by atoms with Gasteiger partial charge in [0, 0.05) is 24.1 Å². The molecule has 0 aliphatic heterocycles. The molecule has 3 rings (SSSR count). The molecule has 0 N–H and O–H groups in total. The Bertz CT molecular complexity index is 836. The molecule has 5 heteroatoms. The monoisotopic (exact) mass is 370 g/mol. The summed E-state index contributed by atoms with van der Waals surface area (Å²) in [5.41, 5.74) is 2.40. The van der Waals surface area contributed by atoms with Crippen molar-refractivity contribution in [2.24, 2.45) is 5.41 Å². The molecule has 27 heavy (non-hydrogen) atoms. The third kappa shape index (κ3) is 3.15. The van der Waals surface area contributed by atoms with Gasteiger partial charge in [-0.05, 0) is 50.3 Å². The summed E-state index contributed by atoms with van der Waals surface area (Å²) < 4.78 is 16.3. The molecule has 1 unspecified atom stereocenters. The smallest absolute Gasteiger partial charge is 0.184 e. The van der Waals surface area contributed by atoms with Gasteiger partial charge < -0.3 is 14.2 Å². The Hall–Kier alpha value is -2.56. The Balaban J connectivity index is 2.15. The number of methoxy groups -OCH3 is 3. The van der Waals surface area contributed by atoms with Gasteiger partial charge in [-0.2, -0.15) is 0 Å².